The van der Waals surface area contributed by atoms with Crippen LogP contribution < -0.4 is 5.32 Å². The molecule has 5 heteroatoms. The summed E-state index contributed by atoms with van der Waals surface area (Å²) in [7, 11) is 1.83. The van der Waals surface area contributed by atoms with Gasteiger partial charge in [0.2, 0.25) is 0 Å². The number of thioether (sulfide) groups is 2. The van der Waals surface area contributed by atoms with Crippen LogP contribution in [0.15, 0.2) is 18.2 Å². The zero-order chi connectivity index (χ0) is 13.1. The molecule has 0 aromatic heterocycles. The maximum atomic E-state index is 13.9. The van der Waals surface area contributed by atoms with Crippen molar-refractivity contribution in [1.82, 2.24) is 5.32 Å². The number of halogens is 2. The summed E-state index contributed by atoms with van der Waals surface area (Å²) in [4.78, 5) is 0. The molecular formula is C13H17F2NS2. The Morgan fingerprint density at radius 1 is 1.28 bits per heavy atom. The summed E-state index contributed by atoms with van der Waals surface area (Å²) in [5.41, 5.74) is 0.561. The molecule has 1 aliphatic heterocycles. The van der Waals surface area contributed by atoms with Gasteiger partial charge in [-0.2, -0.15) is 23.5 Å². The van der Waals surface area contributed by atoms with Crippen LogP contribution in [0.2, 0.25) is 0 Å². The lowest BCUT2D eigenvalue weighted by atomic mass is 10.0. The molecule has 0 spiro atoms. The minimum Gasteiger partial charge on any atom is -0.312 e. The molecule has 1 aliphatic rings. The van der Waals surface area contributed by atoms with Gasteiger partial charge < -0.3 is 5.32 Å². The van der Waals surface area contributed by atoms with Gasteiger partial charge in [0.15, 0.2) is 0 Å². The molecule has 0 aliphatic carbocycles. The SMILES string of the molecule is CNC(c1ccc(F)cc1F)C1SCCSC1C. The summed E-state index contributed by atoms with van der Waals surface area (Å²) in [5, 5.41) is 3.96. The average molecular weight is 289 g/mol. The molecule has 0 bridgehead atoms. The number of benzene rings is 1. The van der Waals surface area contributed by atoms with Crippen molar-refractivity contribution in [2.24, 2.45) is 0 Å². The third-order valence-corrected chi connectivity index (χ3v) is 6.37. The van der Waals surface area contributed by atoms with Crippen molar-refractivity contribution in [3.8, 4) is 0 Å². The zero-order valence-corrected chi connectivity index (χ0v) is 12.1. The molecule has 100 valence electrons. The quantitative estimate of drug-likeness (QED) is 0.915. The highest BCUT2D eigenvalue weighted by Gasteiger charge is 2.31. The van der Waals surface area contributed by atoms with Crippen LogP contribution in [0.4, 0.5) is 8.78 Å². The van der Waals surface area contributed by atoms with E-state index >= 15 is 0 Å². The number of hydrogen-bond acceptors (Lipinski definition) is 3. The van der Waals surface area contributed by atoms with Crippen molar-refractivity contribution in [1.29, 1.82) is 0 Å². The van der Waals surface area contributed by atoms with E-state index in [1.54, 1.807) is 6.07 Å². The normalized spacial score (nSPS) is 26.0. The fourth-order valence-corrected chi connectivity index (χ4v) is 5.24. The summed E-state index contributed by atoms with van der Waals surface area (Å²) in [6.07, 6.45) is 0. The van der Waals surface area contributed by atoms with Crippen LogP contribution >= 0.6 is 23.5 Å². The predicted molar refractivity (Wildman–Crippen MR) is 76.3 cm³/mol. The van der Waals surface area contributed by atoms with Gasteiger partial charge in [-0.3, -0.25) is 0 Å². The predicted octanol–water partition coefficient (Wildman–Crippen LogP) is 3.46. The van der Waals surface area contributed by atoms with E-state index in [1.165, 1.54) is 6.07 Å². The van der Waals surface area contributed by atoms with E-state index in [9.17, 15) is 8.78 Å². The van der Waals surface area contributed by atoms with E-state index in [0.717, 1.165) is 17.6 Å². The first-order chi connectivity index (χ1) is 8.63. The second-order valence-electron chi connectivity index (χ2n) is 4.34. The lowest BCUT2D eigenvalue weighted by Crippen LogP contribution is -2.36. The molecular weight excluding hydrogens is 272 g/mol. The highest BCUT2D eigenvalue weighted by Crippen LogP contribution is 2.39. The van der Waals surface area contributed by atoms with Gasteiger partial charge in [-0.25, -0.2) is 8.78 Å². The van der Waals surface area contributed by atoms with Crippen LogP contribution in [0.1, 0.15) is 18.5 Å². The Kier molecular flexibility index (Phi) is 4.92. The zero-order valence-electron chi connectivity index (χ0n) is 10.5. The summed E-state index contributed by atoms with van der Waals surface area (Å²) in [5.74, 6) is 1.24. The first-order valence-electron chi connectivity index (χ1n) is 5.99. The van der Waals surface area contributed by atoms with Gasteiger partial charge in [0.1, 0.15) is 11.6 Å². The van der Waals surface area contributed by atoms with E-state index in [4.69, 9.17) is 0 Å². The fourth-order valence-electron chi connectivity index (χ4n) is 2.27. The second-order valence-corrected chi connectivity index (χ2v) is 7.11. The Balaban J connectivity index is 2.26. The Labute approximate surface area is 115 Å². The van der Waals surface area contributed by atoms with Crippen molar-refractivity contribution >= 4 is 23.5 Å². The van der Waals surface area contributed by atoms with Gasteiger partial charge in [-0.05, 0) is 13.1 Å². The van der Waals surface area contributed by atoms with E-state index in [-0.39, 0.29) is 6.04 Å². The molecule has 3 unspecified atom stereocenters. The van der Waals surface area contributed by atoms with Crippen LogP contribution in [0.3, 0.4) is 0 Å². The largest absolute Gasteiger partial charge is 0.312 e. The van der Waals surface area contributed by atoms with Crippen LogP contribution in [-0.4, -0.2) is 29.1 Å². The molecule has 1 heterocycles. The van der Waals surface area contributed by atoms with Gasteiger partial charge in [-0.15, -0.1) is 0 Å². The van der Waals surface area contributed by atoms with Gasteiger partial charge >= 0.3 is 0 Å². The molecule has 2 rings (SSSR count). The van der Waals surface area contributed by atoms with Gasteiger partial charge in [0.05, 0.1) is 0 Å². The van der Waals surface area contributed by atoms with Crippen molar-refractivity contribution in [2.45, 2.75) is 23.5 Å². The third-order valence-electron chi connectivity index (χ3n) is 3.17. The fraction of sp³-hybridized carbons (Fsp3) is 0.538. The van der Waals surface area contributed by atoms with Crippen LogP contribution in [-0.2, 0) is 0 Å². The molecule has 1 aromatic carbocycles. The molecule has 3 atom stereocenters. The van der Waals surface area contributed by atoms with E-state index < -0.39 is 11.6 Å². The lowest BCUT2D eigenvalue weighted by molar-refractivity contribution is 0.508. The van der Waals surface area contributed by atoms with Crippen LogP contribution in [0.25, 0.3) is 0 Å². The maximum absolute atomic E-state index is 13.9. The third kappa shape index (κ3) is 3.00. The van der Waals surface area contributed by atoms with E-state index in [2.05, 4.69) is 12.2 Å². The summed E-state index contributed by atoms with van der Waals surface area (Å²) >= 11 is 3.78. The smallest absolute Gasteiger partial charge is 0.130 e. The molecule has 1 saturated heterocycles. The lowest BCUT2D eigenvalue weighted by Gasteiger charge is -2.34. The number of hydrogen-bond donors (Lipinski definition) is 1. The van der Waals surface area contributed by atoms with Crippen LogP contribution in [0.5, 0.6) is 0 Å². The summed E-state index contributed by atoms with van der Waals surface area (Å²) in [6, 6.07) is 3.77. The standard InChI is InChI=1S/C13H17F2NS2/c1-8-13(18-6-5-17-8)12(16-2)10-4-3-9(14)7-11(10)15/h3-4,7-8,12-13,16H,5-6H2,1-2H3. The summed E-state index contributed by atoms with van der Waals surface area (Å²) in [6.45, 7) is 2.17. The Morgan fingerprint density at radius 2 is 2.00 bits per heavy atom. The van der Waals surface area contributed by atoms with Crippen molar-refractivity contribution in [3.63, 3.8) is 0 Å². The molecule has 1 aromatic rings. The molecule has 0 amide bonds. The minimum atomic E-state index is -0.523. The van der Waals surface area contributed by atoms with Crippen LogP contribution in [0, 0.1) is 11.6 Å². The first kappa shape index (κ1) is 14.2. The van der Waals surface area contributed by atoms with Crippen molar-refractivity contribution < 1.29 is 8.78 Å². The number of nitrogens with one attached hydrogen (secondary N) is 1. The molecule has 1 N–H and O–H groups in total. The Morgan fingerprint density at radius 3 is 2.61 bits per heavy atom. The topological polar surface area (TPSA) is 12.0 Å². The minimum absolute atomic E-state index is 0.0709. The van der Waals surface area contributed by atoms with Crippen molar-refractivity contribution in [2.75, 3.05) is 18.6 Å². The highest BCUT2D eigenvalue weighted by molar-refractivity contribution is 8.07. The Bertz CT molecular complexity index is 414. The second kappa shape index (κ2) is 6.26. The summed E-state index contributed by atoms with van der Waals surface area (Å²) < 4.78 is 26.8. The average Bonchev–Trinajstić information content (AvgIpc) is 2.34. The van der Waals surface area contributed by atoms with Gasteiger partial charge in [0.25, 0.3) is 0 Å². The molecule has 0 saturated carbocycles. The van der Waals surface area contributed by atoms with E-state index in [1.807, 2.05) is 30.6 Å². The van der Waals surface area contributed by atoms with E-state index in [0.29, 0.717) is 16.1 Å². The first-order valence-corrected chi connectivity index (χ1v) is 8.08. The molecule has 18 heavy (non-hydrogen) atoms. The number of rotatable bonds is 3. The van der Waals surface area contributed by atoms with Gasteiger partial charge in [0, 0.05) is 39.7 Å². The highest BCUT2D eigenvalue weighted by atomic mass is 32.2. The Hall–Kier alpha value is -0.260. The van der Waals surface area contributed by atoms with Crippen molar-refractivity contribution in [3.05, 3.63) is 35.4 Å². The monoisotopic (exact) mass is 289 g/mol. The maximum Gasteiger partial charge on any atom is 0.130 e. The molecule has 1 fully saturated rings. The molecule has 1 nitrogen and oxygen atoms in total. The van der Waals surface area contributed by atoms with Gasteiger partial charge in [-0.1, -0.05) is 13.0 Å². The molecule has 0 radical (unpaired) electrons.